The minimum atomic E-state index is -0.783. The fraction of sp³-hybridized carbons (Fsp3) is 0.611. The molecule has 0 saturated carbocycles. The molecule has 28 heavy (non-hydrogen) atoms. The fourth-order valence-corrected chi connectivity index (χ4v) is 3.15. The summed E-state index contributed by atoms with van der Waals surface area (Å²) in [6.45, 7) is 4.32. The molecule has 10 nitrogen and oxygen atoms in total. The number of hydrogen-bond acceptors (Lipinski definition) is 7. The predicted octanol–water partition coefficient (Wildman–Crippen LogP) is 2.48. The molecule has 152 valence electrons. The summed E-state index contributed by atoms with van der Waals surface area (Å²) in [6.07, 6.45) is -2.55. The molecular weight excluding hydrogens is 368 g/mol. The van der Waals surface area contributed by atoms with Gasteiger partial charge in [0.05, 0.1) is 6.61 Å². The van der Waals surface area contributed by atoms with Gasteiger partial charge in [0.1, 0.15) is 24.9 Å². The van der Waals surface area contributed by atoms with Gasteiger partial charge in [-0.05, 0) is 24.9 Å². The highest BCUT2D eigenvalue weighted by atomic mass is 16.8. The van der Waals surface area contributed by atoms with Crippen molar-refractivity contribution in [2.45, 2.75) is 50.8 Å². The van der Waals surface area contributed by atoms with Crippen molar-refractivity contribution in [3.63, 3.8) is 0 Å². The average Bonchev–Trinajstić information content (AvgIpc) is 3.14. The third-order valence-corrected chi connectivity index (χ3v) is 4.31. The first-order chi connectivity index (χ1) is 13.5. The van der Waals surface area contributed by atoms with Gasteiger partial charge in [-0.2, -0.15) is 0 Å². The van der Waals surface area contributed by atoms with Crippen molar-refractivity contribution in [3.8, 4) is 0 Å². The fourth-order valence-electron chi connectivity index (χ4n) is 3.15. The van der Waals surface area contributed by atoms with Gasteiger partial charge < -0.3 is 29.0 Å². The monoisotopic (exact) mass is 392 g/mol. The Labute approximate surface area is 162 Å². The smallest absolute Gasteiger partial charge is 0.407 e. The molecule has 0 aromatic heterocycles. The molecule has 0 unspecified atom stereocenters. The van der Waals surface area contributed by atoms with E-state index in [2.05, 4.69) is 15.3 Å². The van der Waals surface area contributed by atoms with E-state index in [0.29, 0.717) is 0 Å². The van der Waals surface area contributed by atoms with Crippen LogP contribution in [-0.2, 0) is 30.3 Å². The number of azide groups is 1. The zero-order valence-corrected chi connectivity index (χ0v) is 15.8. The van der Waals surface area contributed by atoms with Crippen LogP contribution in [0.3, 0.4) is 0 Å². The number of hydrogen-bond donors (Lipinski definition) is 1. The van der Waals surface area contributed by atoms with Gasteiger partial charge >= 0.3 is 6.09 Å². The second-order valence-electron chi connectivity index (χ2n) is 6.88. The Morgan fingerprint density at radius 2 is 2.11 bits per heavy atom. The molecule has 3 rings (SSSR count). The quantitative estimate of drug-likeness (QED) is 0.314. The average molecular weight is 392 g/mol. The van der Waals surface area contributed by atoms with Crippen LogP contribution < -0.4 is 5.32 Å². The molecule has 0 spiro atoms. The highest BCUT2D eigenvalue weighted by Gasteiger charge is 2.55. The number of alkyl carbamates (subject to hydrolysis) is 1. The SMILES string of the molecule is CC1(C)O[C@H]2O[C@H](CNC(=O)OCc3ccccc3)[C@@H](OCCN=[N+]=[N-])[C@H]2O1. The first-order valence-electron chi connectivity index (χ1n) is 9.06. The van der Waals surface area contributed by atoms with Crippen molar-refractivity contribution in [2.75, 3.05) is 19.7 Å². The highest BCUT2D eigenvalue weighted by Crippen LogP contribution is 2.38. The molecule has 2 fully saturated rings. The molecule has 1 amide bonds. The third kappa shape index (κ3) is 5.34. The van der Waals surface area contributed by atoms with E-state index < -0.39 is 36.5 Å². The van der Waals surface area contributed by atoms with Gasteiger partial charge in [0.2, 0.25) is 0 Å². The van der Waals surface area contributed by atoms with Crippen LogP contribution in [0, 0.1) is 0 Å². The Hall–Kier alpha value is -2.36. The Morgan fingerprint density at radius 3 is 2.86 bits per heavy atom. The first kappa shape index (κ1) is 20.4. The van der Waals surface area contributed by atoms with Crippen LogP contribution in [0.15, 0.2) is 35.4 Å². The summed E-state index contributed by atoms with van der Waals surface area (Å²) >= 11 is 0. The summed E-state index contributed by atoms with van der Waals surface area (Å²) in [6, 6.07) is 9.39. The van der Waals surface area contributed by atoms with Crippen LogP contribution in [0.2, 0.25) is 0 Å². The van der Waals surface area contributed by atoms with Crippen LogP contribution in [0.5, 0.6) is 0 Å². The number of nitrogens with zero attached hydrogens (tertiary/aromatic N) is 3. The number of nitrogens with one attached hydrogen (secondary N) is 1. The van der Waals surface area contributed by atoms with Crippen molar-refractivity contribution >= 4 is 6.09 Å². The molecule has 0 aliphatic carbocycles. The van der Waals surface area contributed by atoms with Crippen molar-refractivity contribution in [1.29, 1.82) is 0 Å². The summed E-state index contributed by atoms with van der Waals surface area (Å²) in [5.41, 5.74) is 9.28. The minimum absolute atomic E-state index is 0.167. The lowest BCUT2D eigenvalue weighted by molar-refractivity contribution is -0.217. The van der Waals surface area contributed by atoms with Gasteiger partial charge in [-0.25, -0.2) is 4.79 Å². The molecule has 0 bridgehead atoms. The Balaban J connectivity index is 1.50. The molecule has 4 atom stereocenters. The molecule has 1 N–H and O–H groups in total. The van der Waals surface area contributed by atoms with E-state index in [0.717, 1.165) is 5.56 Å². The topological polar surface area (TPSA) is 124 Å². The molecule has 1 aromatic rings. The van der Waals surface area contributed by atoms with E-state index in [4.69, 9.17) is 29.2 Å². The summed E-state index contributed by atoms with van der Waals surface area (Å²) in [5, 5.41) is 6.13. The van der Waals surface area contributed by atoms with E-state index >= 15 is 0 Å². The number of carbonyl (C=O) groups is 1. The number of carbonyl (C=O) groups excluding carboxylic acids is 1. The van der Waals surface area contributed by atoms with E-state index in [1.807, 2.05) is 30.3 Å². The van der Waals surface area contributed by atoms with E-state index in [-0.39, 0.29) is 26.3 Å². The third-order valence-electron chi connectivity index (χ3n) is 4.31. The lowest BCUT2D eigenvalue weighted by Crippen LogP contribution is -2.43. The van der Waals surface area contributed by atoms with Crippen molar-refractivity contribution in [3.05, 3.63) is 46.3 Å². The highest BCUT2D eigenvalue weighted by molar-refractivity contribution is 5.67. The number of fused-ring (bicyclic) bond motifs is 1. The molecule has 2 aliphatic rings. The van der Waals surface area contributed by atoms with E-state index in [1.54, 1.807) is 13.8 Å². The standard InChI is InChI=1S/C18H24N4O6/c1-18(2)27-15-14(24-9-8-21-22-19)13(26-16(15)28-18)10-20-17(23)25-11-12-6-4-3-5-7-12/h3-7,13-16H,8-11H2,1-2H3,(H,20,23)/t13-,14-,15-,16-/m1/s1. The summed E-state index contributed by atoms with van der Waals surface area (Å²) in [4.78, 5) is 14.7. The Bertz CT molecular complexity index is 709. The van der Waals surface area contributed by atoms with Crippen LogP contribution in [0.1, 0.15) is 19.4 Å². The lowest BCUT2D eigenvalue weighted by Gasteiger charge is -2.25. The van der Waals surface area contributed by atoms with Crippen LogP contribution in [-0.4, -0.2) is 56.2 Å². The van der Waals surface area contributed by atoms with Gasteiger partial charge in [0, 0.05) is 18.0 Å². The Morgan fingerprint density at radius 1 is 1.32 bits per heavy atom. The van der Waals surface area contributed by atoms with Gasteiger partial charge in [-0.3, -0.25) is 0 Å². The van der Waals surface area contributed by atoms with Gasteiger partial charge in [-0.15, -0.1) is 0 Å². The summed E-state index contributed by atoms with van der Waals surface area (Å²) in [7, 11) is 0. The maximum atomic E-state index is 12.0. The molecule has 10 heteroatoms. The molecule has 0 radical (unpaired) electrons. The van der Waals surface area contributed by atoms with Gasteiger partial charge in [-0.1, -0.05) is 35.4 Å². The van der Waals surface area contributed by atoms with Gasteiger partial charge in [0.25, 0.3) is 0 Å². The van der Waals surface area contributed by atoms with E-state index in [1.165, 1.54) is 0 Å². The van der Waals surface area contributed by atoms with Gasteiger partial charge in [0.15, 0.2) is 12.1 Å². The predicted molar refractivity (Wildman–Crippen MR) is 97.1 cm³/mol. The number of rotatable bonds is 8. The lowest BCUT2D eigenvalue weighted by atomic mass is 10.1. The summed E-state index contributed by atoms with van der Waals surface area (Å²) in [5.74, 6) is -0.783. The van der Waals surface area contributed by atoms with Crippen molar-refractivity contribution < 1.29 is 28.5 Å². The normalized spacial score (nSPS) is 27.6. The number of amides is 1. The molecule has 1 aromatic carbocycles. The maximum absolute atomic E-state index is 12.0. The zero-order chi connectivity index (χ0) is 20.0. The van der Waals surface area contributed by atoms with Crippen LogP contribution in [0.25, 0.3) is 10.4 Å². The minimum Gasteiger partial charge on any atom is -0.445 e. The summed E-state index contributed by atoms with van der Waals surface area (Å²) < 4.78 is 28.4. The molecule has 2 aliphatic heterocycles. The molecule has 2 heterocycles. The molecule has 2 saturated heterocycles. The van der Waals surface area contributed by atoms with Crippen molar-refractivity contribution in [2.24, 2.45) is 5.11 Å². The number of ether oxygens (including phenoxy) is 5. The van der Waals surface area contributed by atoms with Crippen molar-refractivity contribution in [1.82, 2.24) is 5.32 Å². The first-order valence-corrected chi connectivity index (χ1v) is 9.06. The van der Waals surface area contributed by atoms with Crippen LogP contribution in [0.4, 0.5) is 4.79 Å². The van der Waals surface area contributed by atoms with Crippen LogP contribution >= 0.6 is 0 Å². The van der Waals surface area contributed by atoms with E-state index in [9.17, 15) is 4.79 Å². The zero-order valence-electron chi connectivity index (χ0n) is 15.8. The second kappa shape index (κ2) is 9.22. The second-order valence-corrected chi connectivity index (χ2v) is 6.88. The number of benzene rings is 1. The largest absolute Gasteiger partial charge is 0.445 e. The molecular formula is C18H24N4O6. The maximum Gasteiger partial charge on any atom is 0.407 e. The Kier molecular flexibility index (Phi) is 6.71.